The zero-order valence-corrected chi connectivity index (χ0v) is 19.2. The summed E-state index contributed by atoms with van der Waals surface area (Å²) >= 11 is 0. The van der Waals surface area contributed by atoms with Gasteiger partial charge in [-0.1, -0.05) is 31.2 Å². The Balaban J connectivity index is 1.63. The first-order chi connectivity index (χ1) is 15.4. The molecule has 1 heterocycles. The molecule has 0 bridgehead atoms. The van der Waals surface area contributed by atoms with E-state index in [1.54, 1.807) is 7.11 Å². The maximum Gasteiger partial charge on any atom is 0.137 e. The van der Waals surface area contributed by atoms with Crippen molar-refractivity contribution in [3.8, 4) is 5.75 Å². The van der Waals surface area contributed by atoms with E-state index >= 15 is 0 Å². The van der Waals surface area contributed by atoms with Crippen LogP contribution in [0.15, 0.2) is 59.7 Å². The van der Waals surface area contributed by atoms with Gasteiger partial charge in [-0.25, -0.2) is 0 Å². The number of fused-ring (bicyclic) bond motifs is 4. The van der Waals surface area contributed by atoms with Crippen molar-refractivity contribution in [2.45, 2.75) is 63.6 Å². The lowest BCUT2D eigenvalue weighted by Gasteiger charge is -2.44. The molecule has 1 aromatic rings. The summed E-state index contributed by atoms with van der Waals surface area (Å²) in [6.07, 6.45) is 9.23. The molecule has 1 aliphatic heterocycles. The summed E-state index contributed by atoms with van der Waals surface area (Å²) in [5.74, 6) is 1.82. The normalized spacial score (nSPS) is 36.5. The van der Waals surface area contributed by atoms with Crippen LogP contribution in [0.25, 0.3) is 0 Å². The molecule has 1 saturated heterocycles. The van der Waals surface area contributed by atoms with Crippen molar-refractivity contribution in [2.24, 2.45) is 17.3 Å². The number of ether oxygens (including phenoxy) is 2. The SMILES string of the molecule is C=CC[C@]1(O)CCC2C3CC=C4CC(=O)CCC4=C3[C@@H](c3ccc(OC)cc3)OC[C@@]21C. The van der Waals surface area contributed by atoms with Crippen LogP contribution in [0, 0.1) is 17.3 Å². The highest BCUT2D eigenvalue weighted by atomic mass is 16.5. The zero-order chi connectivity index (χ0) is 22.5. The third kappa shape index (κ3) is 3.22. The minimum Gasteiger partial charge on any atom is -0.497 e. The minimum absolute atomic E-state index is 0.159. The molecule has 2 saturated carbocycles. The van der Waals surface area contributed by atoms with Crippen molar-refractivity contribution in [1.29, 1.82) is 0 Å². The lowest BCUT2D eigenvalue weighted by atomic mass is 9.62. The predicted octanol–water partition coefficient (Wildman–Crippen LogP) is 5.49. The Morgan fingerprint density at radius 2 is 2.06 bits per heavy atom. The molecule has 0 radical (unpaired) electrons. The second kappa shape index (κ2) is 8.00. The molecule has 4 aliphatic rings. The Labute approximate surface area is 191 Å². The summed E-state index contributed by atoms with van der Waals surface area (Å²) < 4.78 is 12.1. The van der Waals surface area contributed by atoms with Gasteiger partial charge in [-0.15, -0.1) is 6.58 Å². The molecular formula is C28H34O4. The predicted molar refractivity (Wildman–Crippen MR) is 124 cm³/mol. The summed E-state index contributed by atoms with van der Waals surface area (Å²) in [6, 6.07) is 8.17. The van der Waals surface area contributed by atoms with Gasteiger partial charge in [0.05, 0.1) is 19.3 Å². The van der Waals surface area contributed by atoms with Crippen LogP contribution in [0.2, 0.25) is 0 Å². The first-order valence-electron chi connectivity index (χ1n) is 11.9. The molecule has 5 rings (SSSR count). The molecule has 0 spiro atoms. The molecule has 170 valence electrons. The number of hydrogen-bond donors (Lipinski definition) is 1. The zero-order valence-electron chi connectivity index (χ0n) is 19.2. The molecule has 2 unspecified atom stereocenters. The fourth-order valence-corrected chi connectivity index (χ4v) is 6.92. The summed E-state index contributed by atoms with van der Waals surface area (Å²) in [7, 11) is 1.68. The van der Waals surface area contributed by atoms with Gasteiger partial charge in [-0.3, -0.25) is 4.79 Å². The number of allylic oxidation sites excluding steroid dienone is 3. The number of ketones is 1. The summed E-state index contributed by atoms with van der Waals surface area (Å²) in [5, 5.41) is 11.7. The molecule has 0 aromatic heterocycles. The van der Waals surface area contributed by atoms with Crippen molar-refractivity contribution in [3.63, 3.8) is 0 Å². The fraction of sp³-hybridized carbons (Fsp3) is 0.536. The Bertz CT molecular complexity index is 987. The van der Waals surface area contributed by atoms with Crippen LogP contribution in [0.1, 0.15) is 63.5 Å². The molecule has 3 aliphatic carbocycles. The van der Waals surface area contributed by atoms with E-state index in [0.717, 1.165) is 37.0 Å². The second-order valence-corrected chi connectivity index (χ2v) is 10.3. The quantitative estimate of drug-likeness (QED) is 0.637. The van der Waals surface area contributed by atoms with E-state index in [9.17, 15) is 9.90 Å². The van der Waals surface area contributed by atoms with Crippen LogP contribution >= 0.6 is 0 Å². The van der Waals surface area contributed by atoms with E-state index in [4.69, 9.17) is 9.47 Å². The third-order valence-corrected chi connectivity index (χ3v) is 8.76. The molecular weight excluding hydrogens is 400 g/mol. The van der Waals surface area contributed by atoms with E-state index in [2.05, 4.69) is 31.7 Å². The number of rotatable bonds is 4. The number of Topliss-reactive ketones (excluding diaryl/α,β-unsaturated/α-hetero) is 1. The molecule has 3 fully saturated rings. The maximum absolute atomic E-state index is 12.2. The van der Waals surface area contributed by atoms with E-state index in [-0.39, 0.29) is 11.5 Å². The molecule has 1 N–H and O–H groups in total. The Hall–Kier alpha value is -2.17. The maximum atomic E-state index is 12.2. The highest BCUT2D eigenvalue weighted by molar-refractivity contribution is 5.84. The van der Waals surface area contributed by atoms with Crippen molar-refractivity contribution >= 4 is 5.78 Å². The first-order valence-corrected chi connectivity index (χ1v) is 11.9. The first kappa shape index (κ1) is 21.7. The van der Waals surface area contributed by atoms with E-state index < -0.39 is 5.60 Å². The van der Waals surface area contributed by atoms with Gasteiger partial charge in [0.25, 0.3) is 0 Å². The Morgan fingerprint density at radius 1 is 1.28 bits per heavy atom. The van der Waals surface area contributed by atoms with Crippen molar-refractivity contribution in [3.05, 3.63) is 65.3 Å². The average molecular weight is 435 g/mol. The van der Waals surface area contributed by atoms with Crippen molar-refractivity contribution in [2.75, 3.05) is 13.7 Å². The monoisotopic (exact) mass is 434 g/mol. The Morgan fingerprint density at radius 3 is 2.78 bits per heavy atom. The number of carbonyl (C=O) groups is 1. The fourth-order valence-electron chi connectivity index (χ4n) is 6.92. The van der Waals surface area contributed by atoms with Gasteiger partial charge >= 0.3 is 0 Å². The third-order valence-electron chi connectivity index (χ3n) is 8.76. The second-order valence-electron chi connectivity index (χ2n) is 10.3. The molecule has 0 amide bonds. The summed E-state index contributed by atoms with van der Waals surface area (Å²) in [4.78, 5) is 12.2. The van der Waals surface area contributed by atoms with Crippen LogP contribution in [0.4, 0.5) is 0 Å². The van der Waals surface area contributed by atoms with Crippen LogP contribution in [-0.4, -0.2) is 30.2 Å². The van der Waals surface area contributed by atoms with Gasteiger partial charge in [-0.05, 0) is 78.4 Å². The number of aliphatic hydroxyl groups is 1. The number of carbonyl (C=O) groups excluding carboxylic acids is 1. The largest absolute Gasteiger partial charge is 0.497 e. The van der Waals surface area contributed by atoms with Crippen molar-refractivity contribution < 1.29 is 19.4 Å². The molecule has 4 heteroatoms. The molecule has 4 nitrogen and oxygen atoms in total. The average Bonchev–Trinajstić information content (AvgIpc) is 2.96. The number of hydrogen-bond acceptors (Lipinski definition) is 4. The molecule has 1 aromatic carbocycles. The lowest BCUT2D eigenvalue weighted by Crippen LogP contribution is -2.48. The van der Waals surface area contributed by atoms with Crippen LogP contribution < -0.4 is 4.74 Å². The van der Waals surface area contributed by atoms with Gasteiger partial charge in [0, 0.05) is 18.3 Å². The van der Waals surface area contributed by atoms with Gasteiger partial charge in [-0.2, -0.15) is 0 Å². The number of benzene rings is 1. The summed E-state index contributed by atoms with van der Waals surface area (Å²) in [5.41, 5.74) is 3.89. The van der Waals surface area contributed by atoms with Crippen molar-refractivity contribution in [1.82, 2.24) is 0 Å². The molecule has 32 heavy (non-hydrogen) atoms. The van der Waals surface area contributed by atoms with Crippen LogP contribution in [0.5, 0.6) is 5.75 Å². The van der Waals surface area contributed by atoms with Gasteiger partial charge < -0.3 is 14.6 Å². The van der Waals surface area contributed by atoms with Crippen LogP contribution in [-0.2, 0) is 9.53 Å². The highest BCUT2D eigenvalue weighted by Gasteiger charge is 2.60. The Kier molecular flexibility index (Phi) is 5.42. The minimum atomic E-state index is -0.795. The molecule has 5 atom stereocenters. The summed E-state index contributed by atoms with van der Waals surface area (Å²) in [6.45, 7) is 6.65. The topological polar surface area (TPSA) is 55.8 Å². The van der Waals surface area contributed by atoms with Gasteiger partial charge in [0.2, 0.25) is 0 Å². The van der Waals surface area contributed by atoms with Gasteiger partial charge in [0.15, 0.2) is 0 Å². The van der Waals surface area contributed by atoms with E-state index in [1.807, 2.05) is 18.2 Å². The van der Waals surface area contributed by atoms with E-state index in [1.165, 1.54) is 16.7 Å². The highest BCUT2D eigenvalue weighted by Crippen LogP contribution is 2.62. The van der Waals surface area contributed by atoms with Gasteiger partial charge in [0.1, 0.15) is 17.6 Å². The lowest BCUT2D eigenvalue weighted by molar-refractivity contribution is -0.118. The smallest absolute Gasteiger partial charge is 0.137 e. The van der Waals surface area contributed by atoms with Crippen LogP contribution in [0.3, 0.4) is 0 Å². The van der Waals surface area contributed by atoms with E-state index in [0.29, 0.717) is 43.5 Å². The standard InChI is InChI=1S/C28H34O4/c1-4-14-28(30)15-13-24-23-11-7-19-16-20(29)8-12-22(19)25(23)26(32-17-27(24,28)2)18-5-9-21(31-3)10-6-18/h4-7,9-10,23-24,26,30H,1,8,11-17H2,2-3H3/t23?,24?,26-,27+,28+/m1/s1. The number of methoxy groups -OCH3 is 1.